The molecular weight excluding hydrogens is 384 g/mol. The number of hydrogen-bond acceptors (Lipinski definition) is 2. The van der Waals surface area contributed by atoms with Gasteiger partial charge in [0.05, 0.1) is 0 Å². The molecule has 5 rings (SSSR count). The Hall–Kier alpha value is -2.62. The molecule has 4 heteroatoms. The summed E-state index contributed by atoms with van der Waals surface area (Å²) in [6, 6.07) is 16.8. The molecule has 2 aromatic carbocycles. The van der Waals surface area contributed by atoms with Crippen LogP contribution < -0.4 is 5.32 Å². The molecule has 2 aromatic rings. The Labute approximate surface area is 185 Å². The van der Waals surface area contributed by atoms with Gasteiger partial charge in [-0.05, 0) is 79.8 Å². The third kappa shape index (κ3) is 5.00. The van der Waals surface area contributed by atoms with Crippen molar-refractivity contribution in [2.45, 2.75) is 82.3 Å². The van der Waals surface area contributed by atoms with Crippen LogP contribution in [0.2, 0.25) is 0 Å². The summed E-state index contributed by atoms with van der Waals surface area (Å²) in [5.41, 5.74) is 3.93. The van der Waals surface area contributed by atoms with Gasteiger partial charge in [0.15, 0.2) is 0 Å². The Bertz CT molecular complexity index is 921. The van der Waals surface area contributed by atoms with Crippen molar-refractivity contribution >= 4 is 11.8 Å². The summed E-state index contributed by atoms with van der Waals surface area (Å²) in [7, 11) is 0. The maximum absolute atomic E-state index is 13.3. The fourth-order valence-electron chi connectivity index (χ4n) is 4.71. The van der Waals surface area contributed by atoms with Crippen LogP contribution >= 0.6 is 0 Å². The van der Waals surface area contributed by atoms with Gasteiger partial charge in [-0.2, -0.15) is 0 Å². The lowest BCUT2D eigenvalue weighted by Gasteiger charge is -2.24. The number of amides is 2. The predicted octanol–water partition coefficient (Wildman–Crippen LogP) is 5.43. The van der Waals surface area contributed by atoms with Crippen LogP contribution in [0, 0.1) is 0 Å². The van der Waals surface area contributed by atoms with E-state index in [0.29, 0.717) is 30.1 Å². The van der Waals surface area contributed by atoms with Gasteiger partial charge in [-0.25, -0.2) is 0 Å². The van der Waals surface area contributed by atoms with E-state index in [1.807, 2.05) is 41.3 Å². The van der Waals surface area contributed by atoms with E-state index in [4.69, 9.17) is 0 Å². The van der Waals surface area contributed by atoms with Crippen LogP contribution in [0.3, 0.4) is 0 Å². The zero-order chi connectivity index (χ0) is 21.2. The first-order valence-electron chi connectivity index (χ1n) is 12.0. The summed E-state index contributed by atoms with van der Waals surface area (Å²) in [6.45, 7) is 0.596. The molecule has 0 heterocycles. The van der Waals surface area contributed by atoms with Crippen molar-refractivity contribution in [3.05, 3.63) is 70.8 Å². The smallest absolute Gasteiger partial charge is 0.254 e. The molecule has 0 saturated heterocycles. The number of benzene rings is 2. The second-order valence-corrected chi connectivity index (χ2v) is 9.57. The van der Waals surface area contributed by atoms with Crippen LogP contribution in [0.15, 0.2) is 48.5 Å². The Balaban J connectivity index is 1.25. The van der Waals surface area contributed by atoms with Crippen LogP contribution in [0.1, 0.15) is 95.5 Å². The number of nitrogens with zero attached hydrogens (tertiary/aromatic N) is 1. The summed E-state index contributed by atoms with van der Waals surface area (Å²) in [6.07, 6.45) is 10.9. The van der Waals surface area contributed by atoms with E-state index in [0.717, 1.165) is 36.8 Å². The van der Waals surface area contributed by atoms with E-state index in [1.54, 1.807) is 0 Å². The van der Waals surface area contributed by atoms with Crippen molar-refractivity contribution in [2.24, 2.45) is 0 Å². The summed E-state index contributed by atoms with van der Waals surface area (Å²) < 4.78 is 0. The van der Waals surface area contributed by atoms with E-state index in [2.05, 4.69) is 17.4 Å². The topological polar surface area (TPSA) is 49.4 Å². The van der Waals surface area contributed by atoms with Gasteiger partial charge in [-0.1, -0.05) is 43.5 Å². The van der Waals surface area contributed by atoms with Crippen LogP contribution in [0.5, 0.6) is 0 Å². The molecule has 162 valence electrons. The van der Waals surface area contributed by atoms with Crippen molar-refractivity contribution in [2.75, 3.05) is 0 Å². The van der Waals surface area contributed by atoms with Crippen LogP contribution in [0.25, 0.3) is 0 Å². The van der Waals surface area contributed by atoms with Gasteiger partial charge in [-0.3, -0.25) is 9.59 Å². The zero-order valence-electron chi connectivity index (χ0n) is 18.2. The fourth-order valence-corrected chi connectivity index (χ4v) is 4.71. The highest BCUT2D eigenvalue weighted by molar-refractivity contribution is 5.95. The number of rotatable bonds is 7. The van der Waals surface area contributed by atoms with E-state index in [1.165, 1.54) is 37.7 Å². The molecule has 0 atom stereocenters. The second kappa shape index (κ2) is 8.86. The first kappa shape index (κ1) is 20.3. The van der Waals surface area contributed by atoms with Gasteiger partial charge >= 0.3 is 0 Å². The molecule has 0 bridgehead atoms. The highest BCUT2D eigenvalue weighted by Crippen LogP contribution is 2.33. The molecule has 3 aliphatic carbocycles. The SMILES string of the molecule is O=C(NC1CC1)c1ccc(CN(C(=O)c2ccc(C3CCCCC3)cc2)C2CC2)cc1. The predicted molar refractivity (Wildman–Crippen MR) is 122 cm³/mol. The lowest BCUT2D eigenvalue weighted by atomic mass is 9.84. The molecule has 0 aliphatic heterocycles. The van der Waals surface area contributed by atoms with Crippen molar-refractivity contribution < 1.29 is 9.59 Å². The van der Waals surface area contributed by atoms with E-state index in [-0.39, 0.29) is 11.8 Å². The molecule has 4 nitrogen and oxygen atoms in total. The lowest BCUT2D eigenvalue weighted by Crippen LogP contribution is -2.32. The lowest BCUT2D eigenvalue weighted by molar-refractivity contribution is 0.0729. The van der Waals surface area contributed by atoms with Gasteiger partial charge in [0.25, 0.3) is 11.8 Å². The van der Waals surface area contributed by atoms with Gasteiger partial charge < -0.3 is 10.2 Å². The van der Waals surface area contributed by atoms with Gasteiger partial charge in [0, 0.05) is 29.8 Å². The second-order valence-electron chi connectivity index (χ2n) is 9.57. The number of nitrogens with one attached hydrogen (secondary N) is 1. The number of carbonyl (C=O) groups excluding carboxylic acids is 2. The Morgan fingerprint density at radius 2 is 1.42 bits per heavy atom. The van der Waals surface area contributed by atoms with Crippen molar-refractivity contribution in [1.29, 1.82) is 0 Å². The van der Waals surface area contributed by atoms with Gasteiger partial charge in [0.1, 0.15) is 0 Å². The van der Waals surface area contributed by atoms with Crippen LogP contribution in [-0.4, -0.2) is 28.8 Å². The highest BCUT2D eigenvalue weighted by Gasteiger charge is 2.33. The standard InChI is InChI=1S/C27H32N2O2/c30-26(28-24-14-15-24)22-8-6-19(7-9-22)18-29(25-16-17-25)27(31)23-12-10-21(11-13-23)20-4-2-1-3-5-20/h6-13,20,24-25H,1-5,14-18H2,(H,28,30). The molecule has 3 saturated carbocycles. The molecule has 3 fully saturated rings. The fraction of sp³-hybridized carbons (Fsp3) is 0.481. The number of carbonyl (C=O) groups is 2. The summed E-state index contributed by atoms with van der Waals surface area (Å²) in [4.78, 5) is 27.5. The summed E-state index contributed by atoms with van der Waals surface area (Å²) >= 11 is 0. The third-order valence-corrected chi connectivity index (χ3v) is 6.96. The van der Waals surface area contributed by atoms with Crippen molar-refractivity contribution in [1.82, 2.24) is 10.2 Å². The zero-order valence-corrected chi connectivity index (χ0v) is 18.2. The Kier molecular flexibility index (Phi) is 5.80. The van der Waals surface area contributed by atoms with Crippen molar-refractivity contribution in [3.63, 3.8) is 0 Å². The van der Waals surface area contributed by atoms with Gasteiger partial charge in [-0.15, -0.1) is 0 Å². The highest BCUT2D eigenvalue weighted by atomic mass is 16.2. The first-order chi connectivity index (χ1) is 15.2. The maximum Gasteiger partial charge on any atom is 0.254 e. The average molecular weight is 417 g/mol. The van der Waals surface area contributed by atoms with E-state index < -0.39 is 0 Å². The minimum Gasteiger partial charge on any atom is -0.349 e. The van der Waals surface area contributed by atoms with Crippen LogP contribution in [-0.2, 0) is 6.54 Å². The molecule has 0 spiro atoms. The quantitative estimate of drug-likeness (QED) is 0.654. The van der Waals surface area contributed by atoms with Crippen molar-refractivity contribution in [3.8, 4) is 0 Å². The van der Waals surface area contributed by atoms with E-state index in [9.17, 15) is 9.59 Å². The minimum absolute atomic E-state index is 0.00207. The molecule has 0 radical (unpaired) electrons. The average Bonchev–Trinajstić information content (AvgIpc) is 3.74. The normalized spacial score (nSPS) is 19.1. The molecule has 2 amide bonds. The Morgan fingerprint density at radius 3 is 2.03 bits per heavy atom. The Morgan fingerprint density at radius 1 is 0.774 bits per heavy atom. The maximum atomic E-state index is 13.3. The molecular formula is C27H32N2O2. The molecule has 1 N–H and O–H groups in total. The third-order valence-electron chi connectivity index (χ3n) is 6.96. The van der Waals surface area contributed by atoms with Gasteiger partial charge in [0.2, 0.25) is 0 Å². The number of hydrogen-bond donors (Lipinski definition) is 1. The minimum atomic E-state index is 0.00207. The summed E-state index contributed by atoms with van der Waals surface area (Å²) in [5.74, 6) is 0.781. The molecule has 0 aromatic heterocycles. The molecule has 0 unspecified atom stereocenters. The largest absolute Gasteiger partial charge is 0.349 e. The monoisotopic (exact) mass is 416 g/mol. The molecule has 31 heavy (non-hydrogen) atoms. The van der Waals surface area contributed by atoms with E-state index >= 15 is 0 Å². The molecule has 3 aliphatic rings. The first-order valence-corrected chi connectivity index (χ1v) is 12.0. The van der Waals surface area contributed by atoms with Crippen LogP contribution in [0.4, 0.5) is 0 Å². The summed E-state index contributed by atoms with van der Waals surface area (Å²) in [5, 5.41) is 3.02.